The smallest absolute Gasteiger partial charge is 0.157 e. The van der Waals surface area contributed by atoms with E-state index in [0.717, 1.165) is 21.6 Å². The molecule has 0 aliphatic heterocycles. The molecule has 0 aliphatic rings. The number of rotatable bonds is 2. The lowest BCUT2D eigenvalue weighted by Crippen LogP contribution is -1.97. The van der Waals surface area contributed by atoms with Gasteiger partial charge in [-0.25, -0.2) is 0 Å². The first-order valence-electron chi connectivity index (χ1n) is 6.44. The Morgan fingerprint density at radius 2 is 1.70 bits per heavy atom. The van der Waals surface area contributed by atoms with E-state index in [0.29, 0.717) is 0 Å². The van der Waals surface area contributed by atoms with Gasteiger partial charge in [-0.1, -0.05) is 48.0 Å². The second-order valence-corrected chi connectivity index (χ2v) is 5.46. The van der Waals surface area contributed by atoms with E-state index in [9.17, 15) is 0 Å². The number of nitrogens with zero attached hydrogens (tertiary/aromatic N) is 3. The maximum absolute atomic E-state index is 4.69. The Hall–Kier alpha value is -2.20. The Labute approximate surface area is 122 Å². The van der Waals surface area contributed by atoms with E-state index in [1.165, 1.54) is 5.56 Å². The van der Waals surface area contributed by atoms with Gasteiger partial charge < -0.3 is 0 Å². The summed E-state index contributed by atoms with van der Waals surface area (Å²) in [7, 11) is 1.80. The number of benzene rings is 2. The van der Waals surface area contributed by atoms with Crippen LogP contribution in [0.2, 0.25) is 0 Å². The third-order valence-corrected chi connectivity index (χ3v) is 4.09. The molecule has 0 radical (unpaired) electrons. The molecular formula is C16H15N3S. The highest BCUT2D eigenvalue weighted by Crippen LogP contribution is 2.17. The Bertz CT molecular complexity index is 767. The molecule has 0 N–H and O–H groups in total. The van der Waals surface area contributed by atoms with Crippen LogP contribution in [0.3, 0.4) is 0 Å². The fourth-order valence-corrected chi connectivity index (χ4v) is 2.83. The van der Waals surface area contributed by atoms with Gasteiger partial charge in [0.25, 0.3) is 0 Å². The second kappa shape index (κ2) is 5.43. The van der Waals surface area contributed by atoms with Crippen molar-refractivity contribution < 1.29 is 0 Å². The van der Waals surface area contributed by atoms with E-state index in [4.69, 9.17) is 5.10 Å². The summed E-state index contributed by atoms with van der Waals surface area (Å²) in [5, 5.41) is 4.69. The highest BCUT2D eigenvalue weighted by molar-refractivity contribution is 7.04. The van der Waals surface area contributed by atoms with Crippen molar-refractivity contribution in [2.75, 3.05) is 7.05 Å². The van der Waals surface area contributed by atoms with Crippen LogP contribution in [-0.2, 0) is 0 Å². The van der Waals surface area contributed by atoms with Gasteiger partial charge in [-0.05, 0) is 30.6 Å². The normalized spacial score (nSPS) is 11.8. The van der Waals surface area contributed by atoms with Crippen LogP contribution in [0, 0.1) is 6.92 Å². The van der Waals surface area contributed by atoms with Crippen molar-refractivity contribution in [2.24, 2.45) is 4.99 Å². The minimum atomic E-state index is 0.929. The molecule has 100 valence electrons. The average molecular weight is 281 g/mol. The van der Waals surface area contributed by atoms with Crippen molar-refractivity contribution in [3.05, 3.63) is 64.8 Å². The van der Waals surface area contributed by atoms with Crippen molar-refractivity contribution in [2.45, 2.75) is 6.92 Å². The van der Waals surface area contributed by atoms with E-state index < -0.39 is 0 Å². The zero-order valence-electron chi connectivity index (χ0n) is 11.4. The lowest BCUT2D eigenvalue weighted by atomic mass is 10.2. The summed E-state index contributed by atoms with van der Waals surface area (Å²) in [5.74, 6) is 0. The van der Waals surface area contributed by atoms with Crippen molar-refractivity contribution in [3.63, 3.8) is 0 Å². The first-order chi connectivity index (χ1) is 9.78. The van der Waals surface area contributed by atoms with Gasteiger partial charge in [0.2, 0.25) is 0 Å². The van der Waals surface area contributed by atoms with Gasteiger partial charge in [0.05, 0.1) is 5.69 Å². The molecule has 4 heteroatoms. The molecule has 0 fully saturated rings. The summed E-state index contributed by atoms with van der Waals surface area (Å²) in [6, 6.07) is 18.5. The molecule has 3 aromatic rings. The summed E-state index contributed by atoms with van der Waals surface area (Å²) in [5.41, 5.74) is 4.33. The highest BCUT2D eigenvalue weighted by Gasteiger charge is 2.08. The monoisotopic (exact) mass is 281 g/mol. The van der Waals surface area contributed by atoms with Crippen LogP contribution < -0.4 is 4.67 Å². The van der Waals surface area contributed by atoms with Crippen LogP contribution >= 0.6 is 11.5 Å². The molecular weight excluding hydrogens is 266 g/mol. The van der Waals surface area contributed by atoms with Crippen molar-refractivity contribution in [1.82, 2.24) is 9.17 Å². The molecule has 2 aromatic carbocycles. The Morgan fingerprint density at radius 3 is 2.35 bits per heavy atom. The predicted octanol–water partition coefficient (Wildman–Crippen LogP) is 3.44. The topological polar surface area (TPSA) is 30.2 Å². The molecule has 0 spiro atoms. The van der Waals surface area contributed by atoms with E-state index >= 15 is 0 Å². The molecule has 0 aliphatic carbocycles. The van der Waals surface area contributed by atoms with Gasteiger partial charge in [-0.15, -0.1) is 0 Å². The Kier molecular flexibility index (Phi) is 3.48. The summed E-state index contributed by atoms with van der Waals surface area (Å²) >= 11 is 1.55. The molecule has 0 atom stereocenters. The van der Waals surface area contributed by atoms with Crippen molar-refractivity contribution >= 4 is 11.5 Å². The summed E-state index contributed by atoms with van der Waals surface area (Å²) in [6.45, 7) is 2.08. The van der Waals surface area contributed by atoms with Crippen molar-refractivity contribution in [3.8, 4) is 16.9 Å². The van der Waals surface area contributed by atoms with Crippen LogP contribution in [0.5, 0.6) is 0 Å². The van der Waals surface area contributed by atoms with Crippen LogP contribution in [0.15, 0.2) is 59.6 Å². The second-order valence-electron chi connectivity index (χ2n) is 4.54. The minimum Gasteiger partial charge on any atom is -0.275 e. The number of aryl methyl sites for hydroxylation is 1. The van der Waals surface area contributed by atoms with Crippen LogP contribution in [0.25, 0.3) is 16.9 Å². The van der Waals surface area contributed by atoms with Crippen molar-refractivity contribution in [1.29, 1.82) is 0 Å². The van der Waals surface area contributed by atoms with E-state index in [-0.39, 0.29) is 0 Å². The van der Waals surface area contributed by atoms with Gasteiger partial charge >= 0.3 is 0 Å². The molecule has 0 saturated carbocycles. The summed E-state index contributed by atoms with van der Waals surface area (Å²) in [4.78, 5) is 4.35. The van der Waals surface area contributed by atoms with E-state index in [1.54, 1.807) is 18.6 Å². The molecule has 0 amide bonds. The molecule has 20 heavy (non-hydrogen) atoms. The minimum absolute atomic E-state index is 0.929. The molecule has 0 bridgehead atoms. The van der Waals surface area contributed by atoms with Gasteiger partial charge in [0.1, 0.15) is 5.69 Å². The molecule has 0 saturated heterocycles. The SMILES string of the molecule is CN=c1sn(-c2ccc(C)cc2)nc1-c1ccccc1. The van der Waals surface area contributed by atoms with Gasteiger partial charge in [0, 0.05) is 12.6 Å². The third kappa shape index (κ3) is 2.42. The average Bonchev–Trinajstić information content (AvgIpc) is 2.93. The fraction of sp³-hybridized carbons (Fsp3) is 0.125. The molecule has 3 nitrogen and oxygen atoms in total. The fourth-order valence-electron chi connectivity index (χ4n) is 1.99. The van der Waals surface area contributed by atoms with Gasteiger partial charge in [-0.3, -0.25) is 4.99 Å². The first-order valence-corrected chi connectivity index (χ1v) is 7.21. The molecule has 1 aromatic heterocycles. The quantitative estimate of drug-likeness (QED) is 0.707. The zero-order valence-corrected chi connectivity index (χ0v) is 12.3. The zero-order chi connectivity index (χ0) is 13.9. The maximum Gasteiger partial charge on any atom is 0.157 e. The molecule has 3 rings (SSSR count). The lowest BCUT2D eigenvalue weighted by Gasteiger charge is -2.00. The van der Waals surface area contributed by atoms with E-state index in [2.05, 4.69) is 48.3 Å². The third-order valence-electron chi connectivity index (χ3n) is 3.07. The molecule has 0 unspecified atom stereocenters. The summed E-state index contributed by atoms with van der Waals surface area (Å²) in [6.07, 6.45) is 0. The van der Waals surface area contributed by atoms with Crippen LogP contribution in [-0.4, -0.2) is 16.2 Å². The highest BCUT2D eigenvalue weighted by atomic mass is 32.1. The Balaban J connectivity index is 2.12. The molecule has 1 heterocycles. The van der Waals surface area contributed by atoms with E-state index in [1.807, 2.05) is 22.3 Å². The van der Waals surface area contributed by atoms with Gasteiger partial charge in [0.15, 0.2) is 4.67 Å². The number of hydrogen-bond donors (Lipinski definition) is 0. The lowest BCUT2D eigenvalue weighted by molar-refractivity contribution is 0.958. The van der Waals surface area contributed by atoms with Crippen LogP contribution in [0.1, 0.15) is 5.56 Å². The first kappa shape index (κ1) is 12.8. The largest absolute Gasteiger partial charge is 0.275 e. The predicted molar refractivity (Wildman–Crippen MR) is 83.1 cm³/mol. The Morgan fingerprint density at radius 1 is 1.00 bits per heavy atom. The summed E-state index contributed by atoms with van der Waals surface area (Å²) < 4.78 is 2.86. The van der Waals surface area contributed by atoms with Crippen LogP contribution in [0.4, 0.5) is 0 Å². The number of aromatic nitrogens is 2. The van der Waals surface area contributed by atoms with Gasteiger partial charge in [-0.2, -0.15) is 9.17 Å². The number of hydrogen-bond acceptors (Lipinski definition) is 3. The standard InChI is InChI=1S/C16H15N3S/c1-12-8-10-14(11-9-12)19-18-15(16(17-2)20-19)13-6-4-3-5-7-13/h3-11H,1-2H3. The maximum atomic E-state index is 4.69.